The Labute approximate surface area is 134 Å². The van der Waals surface area contributed by atoms with E-state index in [0.717, 1.165) is 21.2 Å². The number of nitrogens with two attached hydrogens (primary N) is 1. The average Bonchev–Trinajstić information content (AvgIpc) is 2.38. The predicted molar refractivity (Wildman–Crippen MR) is 89.0 cm³/mol. The lowest BCUT2D eigenvalue weighted by Crippen LogP contribution is -1.97. The van der Waals surface area contributed by atoms with Crippen molar-refractivity contribution in [2.45, 2.75) is 0 Å². The van der Waals surface area contributed by atoms with E-state index in [9.17, 15) is 0 Å². The fourth-order valence-electron chi connectivity index (χ4n) is 1.67. The molecule has 0 amide bonds. The highest BCUT2D eigenvalue weighted by atomic mass is 79.9. The smallest absolute Gasteiger partial charge is 0.0346 e. The molecule has 5 heteroatoms. The molecule has 0 aliphatic rings. The fraction of sp³-hybridized carbons (Fsp3) is 0.0714. The third-order valence-electron chi connectivity index (χ3n) is 2.45. The maximum atomic E-state index is 5.63. The van der Waals surface area contributed by atoms with Gasteiger partial charge in [0, 0.05) is 29.0 Å². The molecule has 0 fully saturated rings. The Morgan fingerprint density at radius 3 is 2.32 bits per heavy atom. The molecule has 0 saturated heterocycles. The average molecular weight is 362 g/mol. The van der Waals surface area contributed by atoms with Crippen LogP contribution in [0, 0.1) is 0 Å². The van der Waals surface area contributed by atoms with Crippen LogP contribution < -0.4 is 5.73 Å². The zero-order chi connectivity index (χ0) is 12.1. The molecule has 0 unspecified atom stereocenters. The van der Waals surface area contributed by atoms with E-state index in [1.807, 2.05) is 36.5 Å². The molecule has 2 N–H and O–H groups in total. The third kappa shape index (κ3) is 4.96. The van der Waals surface area contributed by atoms with Crippen LogP contribution in [0.4, 0.5) is 0 Å². The SMILES string of the molecule is Cl.Cl.NC/C=C(/c1ccc(Br)cc1)c1cccnc1. The van der Waals surface area contributed by atoms with E-state index in [1.165, 1.54) is 0 Å². The van der Waals surface area contributed by atoms with E-state index in [1.54, 1.807) is 6.20 Å². The van der Waals surface area contributed by atoms with Crippen LogP contribution in [0.1, 0.15) is 11.1 Å². The minimum absolute atomic E-state index is 0. The number of nitrogens with zero attached hydrogens (tertiary/aromatic N) is 1. The van der Waals surface area contributed by atoms with Gasteiger partial charge in [-0.2, -0.15) is 0 Å². The first kappa shape index (κ1) is 18.1. The monoisotopic (exact) mass is 360 g/mol. The van der Waals surface area contributed by atoms with Crippen LogP contribution in [0.15, 0.2) is 59.3 Å². The van der Waals surface area contributed by atoms with Gasteiger partial charge >= 0.3 is 0 Å². The highest BCUT2D eigenvalue weighted by Crippen LogP contribution is 2.23. The zero-order valence-electron chi connectivity index (χ0n) is 10.1. The second kappa shape index (κ2) is 9.10. The molecule has 1 aromatic carbocycles. The Morgan fingerprint density at radius 2 is 1.79 bits per heavy atom. The Bertz CT molecular complexity index is 513. The number of halogens is 3. The van der Waals surface area contributed by atoms with Crippen molar-refractivity contribution >= 4 is 46.3 Å². The minimum atomic E-state index is 0. The van der Waals surface area contributed by atoms with E-state index < -0.39 is 0 Å². The van der Waals surface area contributed by atoms with Crippen molar-refractivity contribution in [3.8, 4) is 0 Å². The summed E-state index contributed by atoms with van der Waals surface area (Å²) in [5.41, 5.74) is 8.98. The number of hydrogen-bond donors (Lipinski definition) is 1. The molecule has 1 heterocycles. The van der Waals surface area contributed by atoms with Gasteiger partial charge in [-0.3, -0.25) is 4.98 Å². The number of rotatable bonds is 3. The van der Waals surface area contributed by atoms with Crippen LogP contribution in [-0.2, 0) is 0 Å². The summed E-state index contributed by atoms with van der Waals surface area (Å²) in [5.74, 6) is 0. The highest BCUT2D eigenvalue weighted by molar-refractivity contribution is 9.10. The summed E-state index contributed by atoms with van der Waals surface area (Å²) in [6.07, 6.45) is 5.63. The molecule has 1 aromatic heterocycles. The van der Waals surface area contributed by atoms with Crippen LogP contribution in [0.2, 0.25) is 0 Å². The number of pyridine rings is 1. The van der Waals surface area contributed by atoms with Crippen LogP contribution >= 0.6 is 40.7 Å². The first-order chi connectivity index (χ1) is 8.31. The van der Waals surface area contributed by atoms with Gasteiger partial charge in [0.15, 0.2) is 0 Å². The summed E-state index contributed by atoms with van der Waals surface area (Å²) < 4.78 is 1.07. The van der Waals surface area contributed by atoms with E-state index in [4.69, 9.17) is 5.73 Å². The van der Waals surface area contributed by atoms with Crippen molar-refractivity contribution in [1.82, 2.24) is 4.98 Å². The van der Waals surface area contributed by atoms with Crippen molar-refractivity contribution in [2.75, 3.05) is 6.54 Å². The molecule has 0 aliphatic heterocycles. The standard InChI is InChI=1S/C14H13BrN2.2ClH/c15-13-5-3-11(4-6-13)14(7-8-16)12-2-1-9-17-10-12;;/h1-7,9-10H,8,16H2;2*1H/b14-7-;;. The van der Waals surface area contributed by atoms with Crippen LogP contribution in [-0.4, -0.2) is 11.5 Å². The molecule has 2 rings (SSSR count). The Hall–Kier alpha value is -0.870. The first-order valence-corrected chi connectivity index (χ1v) is 6.17. The van der Waals surface area contributed by atoms with Gasteiger partial charge < -0.3 is 5.73 Å². The molecular weight excluding hydrogens is 347 g/mol. The van der Waals surface area contributed by atoms with Gasteiger partial charge in [0.2, 0.25) is 0 Å². The molecule has 102 valence electrons. The normalized spacial score (nSPS) is 10.3. The number of hydrogen-bond acceptors (Lipinski definition) is 2. The molecule has 0 radical (unpaired) electrons. The van der Waals surface area contributed by atoms with E-state index in [-0.39, 0.29) is 24.8 Å². The van der Waals surface area contributed by atoms with Gasteiger partial charge in [-0.05, 0) is 29.3 Å². The third-order valence-corrected chi connectivity index (χ3v) is 2.98. The molecule has 0 atom stereocenters. The van der Waals surface area contributed by atoms with Crippen molar-refractivity contribution in [3.63, 3.8) is 0 Å². The minimum Gasteiger partial charge on any atom is -0.327 e. The molecule has 19 heavy (non-hydrogen) atoms. The maximum absolute atomic E-state index is 5.63. The van der Waals surface area contributed by atoms with Crippen LogP contribution in [0.25, 0.3) is 5.57 Å². The van der Waals surface area contributed by atoms with E-state index in [2.05, 4.69) is 33.0 Å². The van der Waals surface area contributed by atoms with Gasteiger partial charge in [-0.15, -0.1) is 24.8 Å². The van der Waals surface area contributed by atoms with E-state index in [0.29, 0.717) is 6.54 Å². The molecule has 2 aromatic rings. The molecule has 0 bridgehead atoms. The zero-order valence-corrected chi connectivity index (χ0v) is 13.3. The largest absolute Gasteiger partial charge is 0.327 e. The van der Waals surface area contributed by atoms with Crippen molar-refractivity contribution in [1.29, 1.82) is 0 Å². The van der Waals surface area contributed by atoms with Crippen molar-refractivity contribution in [3.05, 3.63) is 70.5 Å². The first-order valence-electron chi connectivity index (χ1n) is 5.38. The van der Waals surface area contributed by atoms with E-state index >= 15 is 0 Å². The van der Waals surface area contributed by atoms with Gasteiger partial charge in [0.25, 0.3) is 0 Å². The molecule has 2 nitrogen and oxygen atoms in total. The second-order valence-electron chi connectivity index (χ2n) is 3.60. The highest BCUT2D eigenvalue weighted by Gasteiger charge is 2.04. The topological polar surface area (TPSA) is 38.9 Å². The number of aromatic nitrogens is 1. The van der Waals surface area contributed by atoms with Gasteiger partial charge in [0.1, 0.15) is 0 Å². The van der Waals surface area contributed by atoms with Crippen LogP contribution in [0.5, 0.6) is 0 Å². The number of benzene rings is 1. The summed E-state index contributed by atoms with van der Waals surface area (Å²) in [7, 11) is 0. The van der Waals surface area contributed by atoms with Gasteiger partial charge in [0.05, 0.1) is 0 Å². The van der Waals surface area contributed by atoms with Gasteiger partial charge in [-0.1, -0.05) is 40.2 Å². The summed E-state index contributed by atoms with van der Waals surface area (Å²) in [4.78, 5) is 4.14. The predicted octanol–water partition coefficient (Wildman–Crippen LogP) is 4.08. The summed E-state index contributed by atoms with van der Waals surface area (Å²) in [5, 5.41) is 0. The van der Waals surface area contributed by atoms with Crippen molar-refractivity contribution in [2.24, 2.45) is 5.73 Å². The summed E-state index contributed by atoms with van der Waals surface area (Å²) in [6.45, 7) is 0.514. The molecule has 0 spiro atoms. The lowest BCUT2D eigenvalue weighted by Gasteiger charge is -2.07. The van der Waals surface area contributed by atoms with Crippen molar-refractivity contribution < 1.29 is 0 Å². The Balaban J connectivity index is 0.00000162. The Kier molecular flexibility index (Phi) is 8.68. The fourth-order valence-corrected chi connectivity index (χ4v) is 1.94. The lowest BCUT2D eigenvalue weighted by atomic mass is 9.99. The molecule has 0 saturated carbocycles. The maximum Gasteiger partial charge on any atom is 0.0346 e. The lowest BCUT2D eigenvalue weighted by molar-refractivity contribution is 1.24. The summed E-state index contributed by atoms with van der Waals surface area (Å²) >= 11 is 3.43. The van der Waals surface area contributed by atoms with Gasteiger partial charge in [-0.25, -0.2) is 0 Å². The molecule has 0 aliphatic carbocycles. The summed E-state index contributed by atoms with van der Waals surface area (Å²) in [6, 6.07) is 12.2. The second-order valence-corrected chi connectivity index (χ2v) is 4.52. The Morgan fingerprint density at radius 1 is 1.11 bits per heavy atom. The quantitative estimate of drug-likeness (QED) is 0.894. The van der Waals surface area contributed by atoms with Crippen LogP contribution in [0.3, 0.4) is 0 Å². The molecular formula is C14H15BrCl2N2.